The molecular formula is C21H28ClNO4. The van der Waals surface area contributed by atoms with Crippen LogP contribution in [0.2, 0.25) is 5.02 Å². The first kappa shape index (κ1) is 21.5. The number of aliphatic hydroxyl groups is 1. The van der Waals surface area contributed by atoms with Crippen LogP contribution in [0.1, 0.15) is 50.5 Å². The Bertz CT molecular complexity index is 644. The molecule has 5 nitrogen and oxygen atoms in total. The van der Waals surface area contributed by atoms with Crippen molar-refractivity contribution in [2.45, 2.75) is 63.5 Å². The number of likely N-dealkylation sites (tertiary alicyclic amines) is 1. The van der Waals surface area contributed by atoms with Crippen LogP contribution in [0.15, 0.2) is 36.4 Å². The zero-order chi connectivity index (χ0) is 19.6. The normalized spacial score (nSPS) is 18.4. The van der Waals surface area contributed by atoms with E-state index in [0.29, 0.717) is 30.8 Å². The van der Waals surface area contributed by atoms with E-state index in [1.807, 2.05) is 23.1 Å². The largest absolute Gasteiger partial charge is 0.481 e. The molecule has 0 spiro atoms. The molecule has 0 saturated carbocycles. The molecule has 1 unspecified atom stereocenters. The Morgan fingerprint density at radius 1 is 1.22 bits per heavy atom. The number of rotatable bonds is 11. The third kappa shape index (κ3) is 7.73. The Morgan fingerprint density at radius 3 is 2.63 bits per heavy atom. The Morgan fingerprint density at radius 2 is 1.93 bits per heavy atom. The fourth-order valence-corrected chi connectivity index (χ4v) is 3.47. The molecule has 0 aliphatic carbocycles. The number of carboxylic acids is 1. The number of amides is 1. The van der Waals surface area contributed by atoms with Crippen LogP contribution in [0.25, 0.3) is 0 Å². The molecule has 1 aliphatic heterocycles. The van der Waals surface area contributed by atoms with Gasteiger partial charge in [0.05, 0.1) is 12.1 Å². The van der Waals surface area contributed by atoms with Gasteiger partial charge in [-0.3, -0.25) is 9.59 Å². The van der Waals surface area contributed by atoms with Gasteiger partial charge in [-0.05, 0) is 37.0 Å². The van der Waals surface area contributed by atoms with Crippen LogP contribution in [-0.4, -0.2) is 45.7 Å². The maximum atomic E-state index is 12.1. The van der Waals surface area contributed by atoms with Crippen LogP contribution >= 0.6 is 11.6 Å². The Hall–Kier alpha value is -1.85. The summed E-state index contributed by atoms with van der Waals surface area (Å²) in [7, 11) is 0. The van der Waals surface area contributed by atoms with Crippen molar-refractivity contribution >= 4 is 23.5 Å². The van der Waals surface area contributed by atoms with E-state index in [1.54, 1.807) is 18.2 Å². The van der Waals surface area contributed by atoms with Gasteiger partial charge in [0.25, 0.3) is 0 Å². The van der Waals surface area contributed by atoms with E-state index in [4.69, 9.17) is 16.7 Å². The number of aliphatic carboxylic acids is 1. The van der Waals surface area contributed by atoms with E-state index < -0.39 is 12.1 Å². The molecule has 148 valence electrons. The molecule has 2 N–H and O–H groups in total. The van der Waals surface area contributed by atoms with Crippen molar-refractivity contribution in [3.8, 4) is 0 Å². The van der Waals surface area contributed by atoms with Crippen molar-refractivity contribution in [1.82, 2.24) is 4.90 Å². The lowest BCUT2D eigenvalue weighted by Crippen LogP contribution is -2.32. The number of unbranched alkanes of at least 4 members (excludes halogenated alkanes) is 3. The average molecular weight is 394 g/mol. The van der Waals surface area contributed by atoms with E-state index in [2.05, 4.69) is 0 Å². The second-order valence-corrected chi connectivity index (χ2v) is 7.47. The van der Waals surface area contributed by atoms with E-state index in [0.717, 1.165) is 31.2 Å². The summed E-state index contributed by atoms with van der Waals surface area (Å²) in [5, 5.41) is 19.5. The molecule has 1 amide bonds. The van der Waals surface area contributed by atoms with Crippen molar-refractivity contribution in [3.63, 3.8) is 0 Å². The lowest BCUT2D eigenvalue weighted by atomic mass is 10.1. The summed E-state index contributed by atoms with van der Waals surface area (Å²) < 4.78 is 0. The van der Waals surface area contributed by atoms with Gasteiger partial charge in [0.2, 0.25) is 5.91 Å². The van der Waals surface area contributed by atoms with E-state index >= 15 is 0 Å². The van der Waals surface area contributed by atoms with Crippen LogP contribution in [-0.2, 0) is 16.0 Å². The number of aliphatic hydroxyl groups excluding tert-OH is 1. The number of nitrogens with zero attached hydrogens (tertiary/aromatic N) is 1. The predicted octanol–water partition coefficient (Wildman–Crippen LogP) is 3.83. The molecule has 1 aromatic rings. The van der Waals surface area contributed by atoms with Crippen LogP contribution in [0.5, 0.6) is 0 Å². The van der Waals surface area contributed by atoms with Gasteiger partial charge in [-0.1, -0.05) is 48.7 Å². The standard InChI is InChI=1S/C21H28ClNO4/c22-17-8-6-16(7-9-17)15-19(24)12-10-18-11-13-20(25)23(18)14-4-2-1-3-5-21(26)27/h6-10,12,18-19,24H,1-5,11,13-15H2,(H,26,27)/b12-10+/t18-,19?/m0/s1. The Labute approximate surface area is 165 Å². The van der Waals surface area contributed by atoms with Gasteiger partial charge < -0.3 is 15.1 Å². The third-order valence-electron chi connectivity index (χ3n) is 4.83. The number of carboxylic acid groups (broad SMARTS) is 1. The summed E-state index contributed by atoms with van der Waals surface area (Å²) >= 11 is 5.87. The molecule has 2 atom stereocenters. The highest BCUT2D eigenvalue weighted by Crippen LogP contribution is 2.21. The van der Waals surface area contributed by atoms with Crippen LogP contribution in [0, 0.1) is 0 Å². The monoisotopic (exact) mass is 393 g/mol. The molecule has 1 fully saturated rings. The molecule has 0 bridgehead atoms. The Kier molecular flexibility index (Phi) is 8.82. The highest BCUT2D eigenvalue weighted by molar-refractivity contribution is 6.30. The van der Waals surface area contributed by atoms with Gasteiger partial charge in [0.15, 0.2) is 0 Å². The third-order valence-corrected chi connectivity index (χ3v) is 5.08. The smallest absolute Gasteiger partial charge is 0.303 e. The summed E-state index contributed by atoms with van der Waals surface area (Å²) in [6.45, 7) is 0.689. The van der Waals surface area contributed by atoms with Crippen molar-refractivity contribution in [3.05, 3.63) is 47.0 Å². The number of hydrogen-bond acceptors (Lipinski definition) is 3. The molecule has 1 saturated heterocycles. The summed E-state index contributed by atoms with van der Waals surface area (Å²) in [6.07, 6.45) is 8.52. The quantitative estimate of drug-likeness (QED) is 0.442. The maximum absolute atomic E-state index is 12.1. The van der Waals surface area contributed by atoms with Gasteiger partial charge in [-0.15, -0.1) is 0 Å². The predicted molar refractivity (Wildman–Crippen MR) is 106 cm³/mol. The topological polar surface area (TPSA) is 77.8 Å². The van der Waals surface area contributed by atoms with Gasteiger partial charge in [-0.2, -0.15) is 0 Å². The van der Waals surface area contributed by atoms with E-state index in [-0.39, 0.29) is 18.4 Å². The molecule has 27 heavy (non-hydrogen) atoms. The van der Waals surface area contributed by atoms with Crippen molar-refractivity contribution in [2.24, 2.45) is 0 Å². The fraction of sp³-hybridized carbons (Fsp3) is 0.524. The van der Waals surface area contributed by atoms with Crippen molar-refractivity contribution in [1.29, 1.82) is 0 Å². The summed E-state index contributed by atoms with van der Waals surface area (Å²) in [5.74, 6) is -0.602. The van der Waals surface area contributed by atoms with E-state index in [9.17, 15) is 14.7 Å². The first-order valence-electron chi connectivity index (χ1n) is 9.58. The van der Waals surface area contributed by atoms with Crippen molar-refractivity contribution < 1.29 is 19.8 Å². The average Bonchev–Trinajstić information content (AvgIpc) is 2.98. The molecule has 0 radical (unpaired) electrons. The molecule has 1 heterocycles. The summed E-state index contributed by atoms with van der Waals surface area (Å²) in [6, 6.07) is 7.45. The molecule has 1 aromatic carbocycles. The first-order valence-corrected chi connectivity index (χ1v) is 9.95. The highest BCUT2D eigenvalue weighted by atomic mass is 35.5. The van der Waals surface area contributed by atoms with E-state index in [1.165, 1.54) is 0 Å². The van der Waals surface area contributed by atoms with Crippen LogP contribution < -0.4 is 0 Å². The van der Waals surface area contributed by atoms with Gasteiger partial charge >= 0.3 is 5.97 Å². The number of carbonyl (C=O) groups is 2. The second-order valence-electron chi connectivity index (χ2n) is 7.03. The minimum Gasteiger partial charge on any atom is -0.481 e. The minimum atomic E-state index is -0.757. The molecule has 2 rings (SSSR count). The maximum Gasteiger partial charge on any atom is 0.303 e. The number of benzene rings is 1. The number of halogens is 1. The molecule has 1 aliphatic rings. The lowest BCUT2D eigenvalue weighted by molar-refractivity contribution is -0.137. The van der Waals surface area contributed by atoms with Gasteiger partial charge in [0, 0.05) is 30.8 Å². The minimum absolute atomic E-state index is 0.0383. The fourth-order valence-electron chi connectivity index (χ4n) is 3.34. The molecular weight excluding hydrogens is 366 g/mol. The summed E-state index contributed by atoms with van der Waals surface area (Å²) in [4.78, 5) is 24.5. The van der Waals surface area contributed by atoms with Gasteiger partial charge in [0.1, 0.15) is 0 Å². The highest BCUT2D eigenvalue weighted by Gasteiger charge is 2.28. The summed E-state index contributed by atoms with van der Waals surface area (Å²) in [5.41, 5.74) is 1.01. The zero-order valence-corrected chi connectivity index (χ0v) is 16.3. The molecule has 0 aromatic heterocycles. The number of carbonyl (C=O) groups excluding carboxylic acids is 1. The lowest BCUT2D eigenvalue weighted by Gasteiger charge is -2.22. The second kappa shape index (κ2) is 11.1. The first-order chi connectivity index (χ1) is 13.0. The molecule has 6 heteroatoms. The Balaban J connectivity index is 1.76. The van der Waals surface area contributed by atoms with Gasteiger partial charge in [-0.25, -0.2) is 0 Å². The number of hydrogen-bond donors (Lipinski definition) is 2. The van der Waals surface area contributed by atoms with Crippen LogP contribution in [0.3, 0.4) is 0 Å². The SMILES string of the molecule is O=C(O)CCCCCCN1C(=O)CC[C@@H]1/C=C/C(O)Cc1ccc(Cl)cc1. The van der Waals surface area contributed by atoms with Crippen molar-refractivity contribution in [2.75, 3.05) is 6.54 Å². The zero-order valence-electron chi connectivity index (χ0n) is 15.5. The van der Waals surface area contributed by atoms with Crippen LogP contribution in [0.4, 0.5) is 0 Å².